The van der Waals surface area contributed by atoms with Crippen LogP contribution >= 0.6 is 0 Å². The Hall–Kier alpha value is -2.62. The van der Waals surface area contributed by atoms with Crippen molar-refractivity contribution in [3.8, 4) is 0 Å². The fourth-order valence-corrected chi connectivity index (χ4v) is 6.39. The number of aliphatic imine (C=N–C) groups is 2. The van der Waals surface area contributed by atoms with Crippen LogP contribution in [0.25, 0.3) is 0 Å². The quantitative estimate of drug-likeness (QED) is 0.271. The van der Waals surface area contributed by atoms with Crippen LogP contribution in [-0.2, 0) is 9.47 Å². The van der Waals surface area contributed by atoms with Crippen molar-refractivity contribution < 1.29 is 9.47 Å². The average molecular weight is 503 g/mol. The molecule has 4 heteroatoms. The fraction of sp³-hybridized carbons (Fsp3) is 0.576. The standard InChI is InChI=1S/C33H46N2O2/c1-5-36-32(28-13-9-7-10-14-28)34-30-19-17-26(21-24(30)3)23-27-18-20-31(25(4)22-27)35-33(37-6-2)29-15-11-8-12-16-29/h7-16,24-27,30-31H,5-6,17-23H2,1-4H3. The normalized spacial score (nSPS) is 29.1. The molecule has 0 spiro atoms. The third-order valence-electron chi connectivity index (χ3n) is 8.30. The van der Waals surface area contributed by atoms with Crippen molar-refractivity contribution >= 4 is 11.8 Å². The lowest BCUT2D eigenvalue weighted by Crippen LogP contribution is -2.31. The Morgan fingerprint density at radius 3 is 1.41 bits per heavy atom. The van der Waals surface area contributed by atoms with Gasteiger partial charge in [-0.2, -0.15) is 0 Å². The summed E-state index contributed by atoms with van der Waals surface area (Å²) in [5.41, 5.74) is 2.18. The molecule has 0 aliphatic heterocycles. The molecule has 0 saturated heterocycles. The van der Waals surface area contributed by atoms with Crippen LogP contribution in [0.4, 0.5) is 0 Å². The van der Waals surface area contributed by atoms with Crippen LogP contribution in [-0.4, -0.2) is 37.1 Å². The molecule has 37 heavy (non-hydrogen) atoms. The molecule has 4 nitrogen and oxygen atoms in total. The maximum Gasteiger partial charge on any atom is 0.216 e. The molecule has 6 atom stereocenters. The summed E-state index contributed by atoms with van der Waals surface area (Å²) in [6.07, 6.45) is 8.80. The smallest absolute Gasteiger partial charge is 0.216 e. The van der Waals surface area contributed by atoms with Crippen molar-refractivity contribution in [3.05, 3.63) is 71.8 Å². The maximum absolute atomic E-state index is 5.95. The van der Waals surface area contributed by atoms with Crippen molar-refractivity contribution in [3.63, 3.8) is 0 Å². The zero-order chi connectivity index (χ0) is 26.0. The Kier molecular flexibility index (Phi) is 10.2. The van der Waals surface area contributed by atoms with Crippen LogP contribution in [0.1, 0.15) is 83.8 Å². The predicted octanol–water partition coefficient (Wildman–Crippen LogP) is 7.95. The van der Waals surface area contributed by atoms with Gasteiger partial charge in [0.2, 0.25) is 11.8 Å². The van der Waals surface area contributed by atoms with Gasteiger partial charge in [0.25, 0.3) is 0 Å². The number of hydrogen-bond donors (Lipinski definition) is 0. The van der Waals surface area contributed by atoms with E-state index in [4.69, 9.17) is 19.5 Å². The molecule has 200 valence electrons. The maximum atomic E-state index is 5.95. The van der Waals surface area contributed by atoms with Gasteiger partial charge in [0.1, 0.15) is 0 Å². The van der Waals surface area contributed by atoms with Gasteiger partial charge in [-0.25, -0.2) is 9.98 Å². The molecule has 2 aromatic rings. The Labute approximate surface area is 224 Å². The number of rotatable bonds is 8. The van der Waals surface area contributed by atoms with Gasteiger partial charge in [-0.3, -0.25) is 0 Å². The molecule has 0 radical (unpaired) electrons. The molecule has 2 aliphatic rings. The zero-order valence-electron chi connectivity index (χ0n) is 23.3. The van der Waals surface area contributed by atoms with Crippen LogP contribution in [0.3, 0.4) is 0 Å². The minimum Gasteiger partial charge on any atom is -0.478 e. The van der Waals surface area contributed by atoms with E-state index in [2.05, 4.69) is 62.4 Å². The summed E-state index contributed by atoms with van der Waals surface area (Å²) in [4.78, 5) is 10.2. The van der Waals surface area contributed by atoms with Crippen molar-refractivity contribution in [2.75, 3.05) is 13.2 Å². The molecule has 0 N–H and O–H groups in total. The van der Waals surface area contributed by atoms with E-state index in [0.29, 0.717) is 37.1 Å². The topological polar surface area (TPSA) is 43.2 Å². The lowest BCUT2D eigenvalue weighted by Gasteiger charge is -2.37. The molecule has 0 heterocycles. The van der Waals surface area contributed by atoms with E-state index >= 15 is 0 Å². The lowest BCUT2D eigenvalue weighted by molar-refractivity contribution is 0.167. The van der Waals surface area contributed by atoms with Gasteiger partial charge < -0.3 is 9.47 Å². The highest BCUT2D eigenvalue weighted by Crippen LogP contribution is 2.40. The van der Waals surface area contributed by atoms with Gasteiger partial charge >= 0.3 is 0 Å². The van der Waals surface area contributed by atoms with E-state index in [-0.39, 0.29) is 0 Å². The van der Waals surface area contributed by atoms with Gasteiger partial charge in [-0.1, -0.05) is 50.2 Å². The molecule has 6 unspecified atom stereocenters. The molecule has 0 aromatic heterocycles. The monoisotopic (exact) mass is 502 g/mol. The highest BCUT2D eigenvalue weighted by Gasteiger charge is 2.33. The summed E-state index contributed by atoms with van der Waals surface area (Å²) in [6.45, 7) is 10.2. The minimum absolute atomic E-state index is 0.358. The summed E-state index contributed by atoms with van der Waals surface area (Å²) in [7, 11) is 0. The van der Waals surface area contributed by atoms with E-state index in [0.717, 1.165) is 34.8 Å². The Balaban J connectivity index is 1.31. The summed E-state index contributed by atoms with van der Waals surface area (Å²) in [5, 5.41) is 0. The van der Waals surface area contributed by atoms with Crippen LogP contribution < -0.4 is 0 Å². The van der Waals surface area contributed by atoms with E-state index in [1.54, 1.807) is 0 Å². The first-order chi connectivity index (χ1) is 18.1. The predicted molar refractivity (Wildman–Crippen MR) is 154 cm³/mol. The molecular weight excluding hydrogens is 456 g/mol. The summed E-state index contributed by atoms with van der Waals surface area (Å²) >= 11 is 0. The second-order valence-electron chi connectivity index (χ2n) is 11.1. The van der Waals surface area contributed by atoms with Gasteiger partial charge in [0.05, 0.1) is 25.3 Å². The summed E-state index contributed by atoms with van der Waals surface area (Å²) in [6, 6.07) is 21.4. The van der Waals surface area contributed by atoms with Crippen LogP contribution in [0.15, 0.2) is 70.6 Å². The van der Waals surface area contributed by atoms with E-state index < -0.39 is 0 Å². The Bertz CT molecular complexity index is 922. The van der Waals surface area contributed by atoms with Crippen LogP contribution in [0, 0.1) is 23.7 Å². The van der Waals surface area contributed by atoms with Crippen LogP contribution in [0.5, 0.6) is 0 Å². The third-order valence-corrected chi connectivity index (χ3v) is 8.30. The second kappa shape index (κ2) is 13.8. The Morgan fingerprint density at radius 1 is 0.649 bits per heavy atom. The first kappa shape index (κ1) is 27.4. The first-order valence-electron chi connectivity index (χ1n) is 14.6. The van der Waals surface area contributed by atoms with Gasteiger partial charge in [-0.05, 0) is 107 Å². The van der Waals surface area contributed by atoms with E-state index in [1.807, 2.05) is 26.0 Å². The zero-order valence-corrected chi connectivity index (χ0v) is 23.3. The van der Waals surface area contributed by atoms with Crippen molar-refractivity contribution in [1.82, 2.24) is 0 Å². The second-order valence-corrected chi connectivity index (χ2v) is 11.1. The van der Waals surface area contributed by atoms with Crippen LogP contribution in [0.2, 0.25) is 0 Å². The van der Waals surface area contributed by atoms with Crippen molar-refractivity contribution in [2.24, 2.45) is 33.7 Å². The minimum atomic E-state index is 0.358. The highest BCUT2D eigenvalue weighted by atomic mass is 16.5. The number of nitrogens with zero attached hydrogens (tertiary/aromatic N) is 2. The molecule has 2 aromatic carbocycles. The SMILES string of the molecule is CCOC(=NC1CCC(CC2CCC(N=C(OCC)c3ccccc3)C(C)C2)CC1C)c1ccccc1. The van der Waals surface area contributed by atoms with Crippen molar-refractivity contribution in [1.29, 1.82) is 0 Å². The number of hydrogen-bond acceptors (Lipinski definition) is 4. The molecule has 0 bridgehead atoms. The van der Waals surface area contributed by atoms with Crippen molar-refractivity contribution in [2.45, 2.75) is 84.7 Å². The van der Waals surface area contributed by atoms with E-state index in [1.165, 1.54) is 44.9 Å². The number of ether oxygens (including phenoxy) is 2. The highest BCUT2D eigenvalue weighted by molar-refractivity contribution is 5.94. The molecular formula is C33H46N2O2. The van der Waals surface area contributed by atoms with E-state index in [9.17, 15) is 0 Å². The molecule has 2 aliphatic carbocycles. The van der Waals surface area contributed by atoms with Gasteiger partial charge in [0.15, 0.2) is 0 Å². The largest absolute Gasteiger partial charge is 0.478 e. The van der Waals surface area contributed by atoms with Gasteiger partial charge in [0, 0.05) is 11.1 Å². The first-order valence-corrected chi connectivity index (χ1v) is 14.6. The molecule has 4 rings (SSSR count). The molecule has 2 fully saturated rings. The number of benzene rings is 2. The summed E-state index contributed by atoms with van der Waals surface area (Å²) in [5.74, 6) is 4.44. The van der Waals surface area contributed by atoms with Gasteiger partial charge in [-0.15, -0.1) is 0 Å². The lowest BCUT2D eigenvalue weighted by atomic mass is 9.71. The molecule has 2 saturated carbocycles. The molecule has 0 amide bonds. The third kappa shape index (κ3) is 7.69. The average Bonchev–Trinajstić information content (AvgIpc) is 2.92. The fourth-order valence-electron chi connectivity index (χ4n) is 6.39. The summed E-state index contributed by atoms with van der Waals surface area (Å²) < 4.78 is 11.9. The Morgan fingerprint density at radius 2 is 1.05 bits per heavy atom.